The molecule has 0 aliphatic carbocycles. The number of esters is 1. The van der Waals surface area contributed by atoms with Crippen molar-refractivity contribution in [3.05, 3.63) is 35.4 Å². The highest BCUT2D eigenvalue weighted by molar-refractivity contribution is 5.95. The zero-order valence-corrected chi connectivity index (χ0v) is 10.1. The third kappa shape index (κ3) is 1.78. The van der Waals surface area contributed by atoms with Gasteiger partial charge in [0.1, 0.15) is 5.82 Å². The Morgan fingerprint density at radius 2 is 2.24 bits per heavy atom. The first-order valence-electron chi connectivity index (χ1n) is 5.38. The first kappa shape index (κ1) is 11.6. The van der Waals surface area contributed by atoms with Crippen LogP contribution in [0.15, 0.2) is 18.2 Å². The summed E-state index contributed by atoms with van der Waals surface area (Å²) in [6.07, 6.45) is 0. The van der Waals surface area contributed by atoms with Crippen LogP contribution in [0.3, 0.4) is 0 Å². The topological polar surface area (TPSA) is 69.6 Å². The Hall–Kier alpha value is -1.88. The van der Waals surface area contributed by atoms with Gasteiger partial charge in [-0.15, -0.1) is 0 Å². The molecule has 0 radical (unpaired) electrons. The van der Waals surface area contributed by atoms with Gasteiger partial charge < -0.3 is 10.5 Å². The lowest BCUT2D eigenvalue weighted by Crippen LogP contribution is -2.11. The van der Waals surface area contributed by atoms with Crippen LogP contribution in [0.2, 0.25) is 0 Å². The molecule has 0 bridgehead atoms. The number of ether oxygens (including phenoxy) is 1. The number of rotatable bonds is 2. The van der Waals surface area contributed by atoms with Gasteiger partial charge in [0.15, 0.2) is 5.69 Å². The van der Waals surface area contributed by atoms with Crippen LogP contribution in [0.5, 0.6) is 0 Å². The lowest BCUT2D eigenvalue weighted by atomic mass is 10.3. The SMILES string of the molecule is COC(=O)c1nc(C(C)N)n2c(C)cccc12. The van der Waals surface area contributed by atoms with Crippen molar-refractivity contribution in [2.24, 2.45) is 5.73 Å². The molecule has 2 aromatic heterocycles. The summed E-state index contributed by atoms with van der Waals surface area (Å²) in [5.41, 5.74) is 7.89. The Balaban J connectivity index is 2.80. The highest BCUT2D eigenvalue weighted by Crippen LogP contribution is 2.19. The van der Waals surface area contributed by atoms with Gasteiger partial charge in [-0.25, -0.2) is 9.78 Å². The Morgan fingerprint density at radius 3 is 2.82 bits per heavy atom. The molecule has 0 spiro atoms. The van der Waals surface area contributed by atoms with Crippen LogP contribution in [-0.4, -0.2) is 22.5 Å². The fourth-order valence-corrected chi connectivity index (χ4v) is 1.88. The molecule has 2 heterocycles. The number of nitrogens with two attached hydrogens (primary N) is 1. The highest BCUT2D eigenvalue weighted by Gasteiger charge is 2.20. The predicted molar refractivity (Wildman–Crippen MR) is 63.9 cm³/mol. The molecule has 2 aromatic rings. The third-order valence-corrected chi connectivity index (χ3v) is 2.67. The fraction of sp³-hybridized carbons (Fsp3) is 0.333. The van der Waals surface area contributed by atoms with Gasteiger partial charge in [-0.1, -0.05) is 6.07 Å². The molecular formula is C12H15N3O2. The average Bonchev–Trinajstić information content (AvgIpc) is 2.69. The molecule has 0 saturated carbocycles. The van der Waals surface area contributed by atoms with E-state index < -0.39 is 5.97 Å². The Kier molecular flexibility index (Phi) is 2.85. The monoisotopic (exact) mass is 233 g/mol. The van der Waals surface area contributed by atoms with Gasteiger partial charge in [0, 0.05) is 5.69 Å². The molecule has 17 heavy (non-hydrogen) atoms. The molecule has 1 unspecified atom stereocenters. The van der Waals surface area contributed by atoms with E-state index in [0.717, 1.165) is 11.2 Å². The number of carbonyl (C=O) groups is 1. The largest absolute Gasteiger partial charge is 0.464 e. The minimum absolute atomic E-state index is 0.248. The summed E-state index contributed by atoms with van der Waals surface area (Å²) < 4.78 is 6.61. The first-order chi connectivity index (χ1) is 8.06. The van der Waals surface area contributed by atoms with Gasteiger partial charge in [-0.2, -0.15) is 0 Å². The summed E-state index contributed by atoms with van der Waals surface area (Å²) in [4.78, 5) is 15.9. The summed E-state index contributed by atoms with van der Waals surface area (Å²) in [5.74, 6) is 0.221. The summed E-state index contributed by atoms with van der Waals surface area (Å²) in [7, 11) is 1.34. The average molecular weight is 233 g/mol. The number of carbonyl (C=O) groups excluding carboxylic acids is 1. The lowest BCUT2D eigenvalue weighted by molar-refractivity contribution is 0.0597. The van der Waals surface area contributed by atoms with Crippen molar-refractivity contribution in [3.63, 3.8) is 0 Å². The molecule has 0 aliphatic heterocycles. The van der Waals surface area contributed by atoms with E-state index >= 15 is 0 Å². The van der Waals surface area contributed by atoms with Crippen LogP contribution < -0.4 is 5.73 Å². The van der Waals surface area contributed by atoms with Crippen LogP contribution in [0.25, 0.3) is 5.52 Å². The number of imidazole rings is 1. The number of fused-ring (bicyclic) bond motifs is 1. The second kappa shape index (κ2) is 4.18. The first-order valence-corrected chi connectivity index (χ1v) is 5.38. The van der Waals surface area contributed by atoms with Crippen molar-refractivity contribution in [2.75, 3.05) is 7.11 Å². The van der Waals surface area contributed by atoms with E-state index in [0.29, 0.717) is 11.5 Å². The van der Waals surface area contributed by atoms with Crippen LogP contribution in [0.1, 0.15) is 35.0 Å². The number of pyridine rings is 1. The number of aromatic nitrogens is 2. The summed E-state index contributed by atoms with van der Waals surface area (Å²) >= 11 is 0. The molecule has 1 atom stereocenters. The quantitative estimate of drug-likeness (QED) is 0.797. The Labute approximate surface area is 99.2 Å². The maximum Gasteiger partial charge on any atom is 0.358 e. The Morgan fingerprint density at radius 1 is 1.53 bits per heavy atom. The van der Waals surface area contributed by atoms with Crippen molar-refractivity contribution in [2.45, 2.75) is 19.9 Å². The van der Waals surface area contributed by atoms with Crippen molar-refractivity contribution < 1.29 is 9.53 Å². The highest BCUT2D eigenvalue weighted by atomic mass is 16.5. The van der Waals surface area contributed by atoms with Gasteiger partial charge in [0.05, 0.1) is 18.7 Å². The lowest BCUT2D eigenvalue weighted by Gasteiger charge is -2.06. The molecule has 0 aromatic carbocycles. The van der Waals surface area contributed by atoms with Crippen molar-refractivity contribution in [3.8, 4) is 0 Å². The summed E-state index contributed by atoms with van der Waals surface area (Å²) in [6.45, 7) is 3.78. The molecule has 90 valence electrons. The van der Waals surface area contributed by atoms with Crippen molar-refractivity contribution in [1.29, 1.82) is 0 Å². The van der Waals surface area contributed by atoms with E-state index in [4.69, 9.17) is 10.5 Å². The van der Waals surface area contributed by atoms with Crippen molar-refractivity contribution >= 4 is 11.5 Å². The minimum atomic E-state index is -0.444. The second-order valence-corrected chi connectivity index (χ2v) is 3.99. The van der Waals surface area contributed by atoms with Gasteiger partial charge in [0.25, 0.3) is 0 Å². The molecular weight excluding hydrogens is 218 g/mol. The maximum atomic E-state index is 11.6. The summed E-state index contributed by atoms with van der Waals surface area (Å²) in [5, 5.41) is 0. The van der Waals surface area contributed by atoms with E-state index in [9.17, 15) is 4.79 Å². The molecule has 2 rings (SSSR count). The summed E-state index contributed by atoms with van der Waals surface area (Å²) in [6, 6.07) is 5.41. The number of nitrogens with zero attached hydrogens (tertiary/aromatic N) is 2. The number of hydrogen-bond donors (Lipinski definition) is 1. The molecule has 0 aliphatic rings. The molecule has 5 heteroatoms. The fourth-order valence-electron chi connectivity index (χ4n) is 1.88. The predicted octanol–water partition coefficient (Wildman–Crippen LogP) is 1.45. The molecule has 2 N–H and O–H groups in total. The zero-order valence-electron chi connectivity index (χ0n) is 10.1. The molecule has 5 nitrogen and oxygen atoms in total. The number of methoxy groups -OCH3 is 1. The molecule has 0 fully saturated rings. The van der Waals surface area contributed by atoms with Gasteiger partial charge in [-0.3, -0.25) is 4.40 Å². The standard InChI is InChI=1S/C12H15N3O2/c1-7-5-4-6-9-10(12(16)17-3)14-11(8(2)13)15(7)9/h4-6,8H,13H2,1-3H3. The second-order valence-electron chi connectivity index (χ2n) is 3.99. The van der Waals surface area contributed by atoms with Crippen molar-refractivity contribution in [1.82, 2.24) is 9.38 Å². The van der Waals surface area contributed by atoms with E-state index in [2.05, 4.69) is 4.98 Å². The number of hydrogen-bond acceptors (Lipinski definition) is 4. The van der Waals surface area contributed by atoms with E-state index in [-0.39, 0.29) is 6.04 Å². The normalized spacial score (nSPS) is 12.7. The van der Waals surface area contributed by atoms with E-state index in [1.807, 2.05) is 36.4 Å². The smallest absolute Gasteiger partial charge is 0.358 e. The molecule has 0 amide bonds. The van der Waals surface area contributed by atoms with Crippen LogP contribution in [0, 0.1) is 6.92 Å². The van der Waals surface area contributed by atoms with Crippen LogP contribution >= 0.6 is 0 Å². The van der Waals surface area contributed by atoms with Gasteiger partial charge >= 0.3 is 5.97 Å². The minimum Gasteiger partial charge on any atom is -0.464 e. The zero-order chi connectivity index (χ0) is 12.6. The van der Waals surface area contributed by atoms with Crippen LogP contribution in [0.4, 0.5) is 0 Å². The third-order valence-electron chi connectivity index (χ3n) is 2.67. The Bertz CT molecular complexity index is 572. The van der Waals surface area contributed by atoms with E-state index in [1.165, 1.54) is 7.11 Å². The van der Waals surface area contributed by atoms with Gasteiger partial charge in [0.2, 0.25) is 0 Å². The molecule has 0 saturated heterocycles. The van der Waals surface area contributed by atoms with E-state index in [1.54, 1.807) is 0 Å². The number of aryl methyl sites for hydroxylation is 1. The van der Waals surface area contributed by atoms with Crippen LogP contribution in [-0.2, 0) is 4.74 Å². The van der Waals surface area contributed by atoms with Gasteiger partial charge in [-0.05, 0) is 26.0 Å². The maximum absolute atomic E-state index is 11.6.